The van der Waals surface area contributed by atoms with Crippen molar-refractivity contribution in [2.45, 2.75) is 19.3 Å². The van der Waals surface area contributed by atoms with E-state index in [0.717, 1.165) is 12.0 Å². The summed E-state index contributed by atoms with van der Waals surface area (Å²) in [6.07, 6.45) is 1.87. The first-order chi connectivity index (χ1) is 8.12. The number of aliphatic carboxylic acids is 1. The number of phenols is 1. The van der Waals surface area contributed by atoms with Crippen LogP contribution in [0.5, 0.6) is 5.75 Å². The lowest BCUT2D eigenvalue weighted by atomic mass is 9.77. The van der Waals surface area contributed by atoms with Crippen molar-refractivity contribution >= 4 is 5.97 Å². The van der Waals surface area contributed by atoms with Crippen LogP contribution in [-0.4, -0.2) is 29.4 Å². The average molecular weight is 236 g/mol. The molecule has 1 unspecified atom stereocenters. The van der Waals surface area contributed by atoms with Gasteiger partial charge in [-0.1, -0.05) is 12.1 Å². The highest BCUT2D eigenvalue weighted by Gasteiger charge is 2.40. The van der Waals surface area contributed by atoms with Gasteiger partial charge in [0.15, 0.2) is 0 Å². The molecule has 0 saturated carbocycles. The molecule has 1 atom stereocenters. The molecular weight excluding hydrogens is 220 g/mol. The van der Waals surface area contributed by atoms with Crippen LogP contribution in [0.25, 0.3) is 0 Å². The number of hydrogen-bond donors (Lipinski definition) is 2. The van der Waals surface area contributed by atoms with Gasteiger partial charge in [-0.2, -0.15) is 0 Å². The summed E-state index contributed by atoms with van der Waals surface area (Å²) < 4.78 is 5.31. The van der Waals surface area contributed by atoms with Crippen LogP contribution in [0.3, 0.4) is 0 Å². The Morgan fingerprint density at radius 3 is 2.59 bits per heavy atom. The van der Waals surface area contributed by atoms with Crippen molar-refractivity contribution in [1.29, 1.82) is 0 Å². The fraction of sp³-hybridized carbons (Fsp3) is 0.462. The lowest BCUT2D eigenvalue weighted by Gasteiger charge is -2.33. The van der Waals surface area contributed by atoms with Gasteiger partial charge in [0.25, 0.3) is 0 Å². The zero-order chi connectivity index (χ0) is 12.3. The monoisotopic (exact) mass is 236 g/mol. The van der Waals surface area contributed by atoms with E-state index >= 15 is 0 Å². The fourth-order valence-corrected chi connectivity index (χ4v) is 2.24. The first kappa shape index (κ1) is 11.9. The summed E-state index contributed by atoms with van der Waals surface area (Å²) in [6.45, 7) is 0.911. The van der Waals surface area contributed by atoms with Gasteiger partial charge < -0.3 is 14.9 Å². The lowest BCUT2D eigenvalue weighted by Crippen LogP contribution is -2.41. The number of carbonyl (C=O) groups is 1. The number of carboxylic acids is 1. The van der Waals surface area contributed by atoms with Gasteiger partial charge in [-0.05, 0) is 37.0 Å². The van der Waals surface area contributed by atoms with E-state index in [1.54, 1.807) is 24.3 Å². The smallest absolute Gasteiger partial charge is 0.312 e. The normalized spacial score (nSPS) is 24.5. The summed E-state index contributed by atoms with van der Waals surface area (Å²) >= 11 is 0. The van der Waals surface area contributed by atoms with Gasteiger partial charge in [-0.15, -0.1) is 0 Å². The molecule has 1 aliphatic rings. The van der Waals surface area contributed by atoms with Crippen molar-refractivity contribution in [3.63, 3.8) is 0 Å². The molecular formula is C13H16O4. The first-order valence-electron chi connectivity index (χ1n) is 5.71. The van der Waals surface area contributed by atoms with Gasteiger partial charge in [0.2, 0.25) is 0 Å². The zero-order valence-corrected chi connectivity index (χ0v) is 9.56. The molecule has 1 saturated heterocycles. The van der Waals surface area contributed by atoms with Crippen LogP contribution in [0.15, 0.2) is 24.3 Å². The van der Waals surface area contributed by atoms with Crippen molar-refractivity contribution in [3.8, 4) is 5.75 Å². The molecule has 0 spiro atoms. The number of carboxylic acid groups (broad SMARTS) is 1. The van der Waals surface area contributed by atoms with Crippen LogP contribution in [0.1, 0.15) is 18.4 Å². The highest BCUT2D eigenvalue weighted by atomic mass is 16.5. The second-order valence-corrected chi connectivity index (χ2v) is 4.58. The van der Waals surface area contributed by atoms with E-state index in [9.17, 15) is 15.0 Å². The highest BCUT2D eigenvalue weighted by molar-refractivity contribution is 5.75. The molecule has 1 aliphatic heterocycles. The summed E-state index contributed by atoms with van der Waals surface area (Å²) in [5, 5.41) is 18.6. The Balaban J connectivity index is 2.17. The number of aromatic hydroxyl groups is 1. The van der Waals surface area contributed by atoms with E-state index in [4.69, 9.17) is 4.74 Å². The minimum absolute atomic E-state index is 0.193. The number of phenolic OH excluding ortho intramolecular Hbond substituents is 1. The van der Waals surface area contributed by atoms with Crippen LogP contribution in [-0.2, 0) is 16.0 Å². The zero-order valence-electron chi connectivity index (χ0n) is 9.56. The van der Waals surface area contributed by atoms with E-state index in [0.29, 0.717) is 19.4 Å². The fourth-order valence-electron chi connectivity index (χ4n) is 2.24. The van der Waals surface area contributed by atoms with Crippen LogP contribution < -0.4 is 0 Å². The van der Waals surface area contributed by atoms with Crippen molar-refractivity contribution in [2.24, 2.45) is 5.41 Å². The molecule has 0 bridgehead atoms. The quantitative estimate of drug-likeness (QED) is 0.840. The third-order valence-corrected chi connectivity index (χ3v) is 3.25. The Bertz CT molecular complexity index is 390. The summed E-state index contributed by atoms with van der Waals surface area (Å²) in [7, 11) is 0. The summed E-state index contributed by atoms with van der Waals surface area (Å²) in [6, 6.07) is 6.67. The second-order valence-electron chi connectivity index (χ2n) is 4.58. The predicted octanol–water partition coefficient (Wildman–Crippen LogP) is 1.82. The largest absolute Gasteiger partial charge is 0.508 e. The molecule has 92 valence electrons. The minimum Gasteiger partial charge on any atom is -0.508 e. The predicted molar refractivity (Wildman–Crippen MR) is 61.9 cm³/mol. The lowest BCUT2D eigenvalue weighted by molar-refractivity contribution is -0.157. The van der Waals surface area contributed by atoms with Gasteiger partial charge in [-0.25, -0.2) is 0 Å². The maximum Gasteiger partial charge on any atom is 0.312 e. The van der Waals surface area contributed by atoms with E-state index in [-0.39, 0.29) is 12.4 Å². The SMILES string of the molecule is O=C(O)C1(Cc2ccc(O)cc2)CCCOC1. The van der Waals surface area contributed by atoms with Gasteiger partial charge >= 0.3 is 5.97 Å². The molecule has 1 heterocycles. The number of ether oxygens (including phenoxy) is 1. The summed E-state index contributed by atoms with van der Waals surface area (Å²) in [4.78, 5) is 11.4. The Kier molecular flexibility index (Phi) is 3.33. The van der Waals surface area contributed by atoms with E-state index in [2.05, 4.69) is 0 Å². The number of benzene rings is 1. The maximum absolute atomic E-state index is 11.4. The third kappa shape index (κ3) is 2.58. The standard InChI is InChI=1S/C13H16O4/c14-11-4-2-10(3-5-11)8-13(12(15)16)6-1-7-17-9-13/h2-5,14H,1,6-9H2,(H,15,16). The molecule has 0 aromatic heterocycles. The Morgan fingerprint density at radius 2 is 2.06 bits per heavy atom. The average Bonchev–Trinajstić information content (AvgIpc) is 2.33. The van der Waals surface area contributed by atoms with E-state index in [1.807, 2.05) is 0 Å². The molecule has 0 radical (unpaired) electrons. The molecule has 4 nitrogen and oxygen atoms in total. The van der Waals surface area contributed by atoms with Gasteiger partial charge in [0.05, 0.1) is 12.0 Å². The number of hydrogen-bond acceptors (Lipinski definition) is 3. The topological polar surface area (TPSA) is 66.8 Å². The Hall–Kier alpha value is -1.55. The van der Waals surface area contributed by atoms with Crippen LogP contribution in [0, 0.1) is 5.41 Å². The highest BCUT2D eigenvalue weighted by Crippen LogP contribution is 2.33. The molecule has 4 heteroatoms. The molecule has 0 aliphatic carbocycles. The van der Waals surface area contributed by atoms with Crippen molar-refractivity contribution in [1.82, 2.24) is 0 Å². The van der Waals surface area contributed by atoms with E-state index in [1.165, 1.54) is 0 Å². The second kappa shape index (κ2) is 4.75. The van der Waals surface area contributed by atoms with Gasteiger partial charge in [0.1, 0.15) is 5.75 Å². The summed E-state index contributed by atoms with van der Waals surface area (Å²) in [5.41, 5.74) is 0.102. The molecule has 1 aromatic carbocycles. The Labute approximate surface area is 99.8 Å². The van der Waals surface area contributed by atoms with Crippen molar-refractivity contribution < 1.29 is 19.7 Å². The number of rotatable bonds is 3. The molecule has 17 heavy (non-hydrogen) atoms. The molecule has 2 N–H and O–H groups in total. The first-order valence-corrected chi connectivity index (χ1v) is 5.71. The van der Waals surface area contributed by atoms with Crippen molar-refractivity contribution in [2.75, 3.05) is 13.2 Å². The summed E-state index contributed by atoms with van der Waals surface area (Å²) in [5.74, 6) is -0.608. The third-order valence-electron chi connectivity index (χ3n) is 3.25. The molecule has 0 amide bonds. The van der Waals surface area contributed by atoms with Gasteiger partial charge in [0, 0.05) is 6.61 Å². The van der Waals surface area contributed by atoms with Crippen LogP contribution in [0.4, 0.5) is 0 Å². The molecule has 1 fully saturated rings. The van der Waals surface area contributed by atoms with E-state index < -0.39 is 11.4 Å². The molecule has 1 aromatic rings. The maximum atomic E-state index is 11.4. The van der Waals surface area contributed by atoms with Gasteiger partial charge in [-0.3, -0.25) is 4.79 Å². The van der Waals surface area contributed by atoms with Crippen molar-refractivity contribution in [3.05, 3.63) is 29.8 Å². The Morgan fingerprint density at radius 1 is 1.35 bits per heavy atom. The van der Waals surface area contributed by atoms with Crippen LogP contribution in [0.2, 0.25) is 0 Å². The van der Waals surface area contributed by atoms with Crippen LogP contribution >= 0.6 is 0 Å². The minimum atomic E-state index is -0.810. The molecule has 2 rings (SSSR count).